The van der Waals surface area contributed by atoms with Crippen molar-refractivity contribution in [2.45, 2.75) is 26.3 Å². The second-order valence-corrected chi connectivity index (χ2v) is 3.70. The van der Waals surface area contributed by atoms with E-state index in [1.165, 1.54) is 0 Å². The second-order valence-electron chi connectivity index (χ2n) is 3.70. The fraction of sp³-hybridized carbons (Fsp3) is 0.667. The van der Waals surface area contributed by atoms with Gasteiger partial charge in [-0.15, -0.1) is 0 Å². The van der Waals surface area contributed by atoms with Gasteiger partial charge < -0.3 is 20.9 Å². The Labute approximate surface area is 92.9 Å². The van der Waals surface area contributed by atoms with Crippen molar-refractivity contribution < 1.29 is 24.2 Å². The highest BCUT2D eigenvalue weighted by molar-refractivity contribution is 5.86. The molecule has 0 radical (unpaired) electrons. The lowest BCUT2D eigenvalue weighted by Gasteiger charge is -2.13. The Morgan fingerprint density at radius 2 is 1.94 bits per heavy atom. The van der Waals surface area contributed by atoms with Gasteiger partial charge in [0.2, 0.25) is 5.91 Å². The molecule has 0 fully saturated rings. The van der Waals surface area contributed by atoms with Gasteiger partial charge in [-0.2, -0.15) is 0 Å². The third-order valence-corrected chi connectivity index (χ3v) is 1.54. The maximum Gasteiger partial charge on any atom is 0.407 e. The first kappa shape index (κ1) is 14.2. The summed E-state index contributed by atoms with van der Waals surface area (Å²) in [6.45, 7) is 3.85. The Hall–Kier alpha value is -1.79. The highest BCUT2D eigenvalue weighted by Gasteiger charge is 2.22. The molecular weight excluding hydrogens is 216 g/mol. The number of amides is 2. The van der Waals surface area contributed by atoms with Crippen LogP contribution in [0.25, 0.3) is 0 Å². The van der Waals surface area contributed by atoms with Crippen molar-refractivity contribution in [1.29, 1.82) is 0 Å². The molecule has 0 aromatic carbocycles. The van der Waals surface area contributed by atoms with Crippen molar-refractivity contribution in [3.8, 4) is 0 Å². The SMILES string of the molecule is CC(C)COC(=O)NC(CC(N)=O)C(=O)O. The number of aliphatic carboxylic acids is 1. The predicted octanol–water partition coefficient (Wildman–Crippen LogP) is -0.303. The lowest BCUT2D eigenvalue weighted by Crippen LogP contribution is -2.43. The van der Waals surface area contributed by atoms with Crippen LogP contribution in [-0.2, 0) is 14.3 Å². The second kappa shape index (κ2) is 6.65. The smallest absolute Gasteiger partial charge is 0.407 e. The van der Waals surface area contributed by atoms with E-state index in [4.69, 9.17) is 15.6 Å². The normalized spacial score (nSPS) is 11.9. The summed E-state index contributed by atoms with van der Waals surface area (Å²) in [7, 11) is 0. The Morgan fingerprint density at radius 3 is 2.31 bits per heavy atom. The van der Waals surface area contributed by atoms with Gasteiger partial charge in [-0.25, -0.2) is 9.59 Å². The van der Waals surface area contributed by atoms with Gasteiger partial charge in [0.1, 0.15) is 6.04 Å². The molecule has 0 aliphatic heterocycles. The van der Waals surface area contributed by atoms with Crippen LogP contribution < -0.4 is 11.1 Å². The van der Waals surface area contributed by atoms with Gasteiger partial charge in [0.15, 0.2) is 0 Å². The van der Waals surface area contributed by atoms with Gasteiger partial charge in [-0.3, -0.25) is 4.79 Å². The van der Waals surface area contributed by atoms with Crippen LogP contribution in [-0.4, -0.2) is 35.7 Å². The number of carbonyl (C=O) groups is 3. The van der Waals surface area contributed by atoms with E-state index in [-0.39, 0.29) is 12.5 Å². The average molecular weight is 232 g/mol. The molecule has 7 heteroatoms. The minimum Gasteiger partial charge on any atom is -0.480 e. The van der Waals surface area contributed by atoms with Crippen molar-refractivity contribution >= 4 is 18.0 Å². The van der Waals surface area contributed by atoms with Crippen LogP contribution in [0.1, 0.15) is 20.3 Å². The van der Waals surface area contributed by atoms with Crippen molar-refractivity contribution in [3.63, 3.8) is 0 Å². The summed E-state index contributed by atoms with van der Waals surface area (Å²) in [6, 6.07) is -1.35. The molecule has 4 N–H and O–H groups in total. The highest BCUT2D eigenvalue weighted by atomic mass is 16.5. The molecule has 0 rings (SSSR count). The van der Waals surface area contributed by atoms with E-state index < -0.39 is 30.4 Å². The number of hydrogen-bond acceptors (Lipinski definition) is 4. The summed E-state index contributed by atoms with van der Waals surface area (Å²) in [6.07, 6.45) is -1.34. The summed E-state index contributed by atoms with van der Waals surface area (Å²) in [4.78, 5) is 32.3. The van der Waals surface area contributed by atoms with Crippen LogP contribution in [0.2, 0.25) is 0 Å². The van der Waals surface area contributed by atoms with Crippen molar-refractivity contribution in [2.24, 2.45) is 11.7 Å². The molecule has 0 aliphatic rings. The number of rotatable bonds is 6. The Morgan fingerprint density at radius 1 is 1.38 bits per heavy atom. The van der Waals surface area contributed by atoms with Crippen LogP contribution in [0.3, 0.4) is 0 Å². The zero-order chi connectivity index (χ0) is 12.7. The predicted molar refractivity (Wildman–Crippen MR) is 54.6 cm³/mol. The summed E-state index contributed by atoms with van der Waals surface area (Å²) in [5.41, 5.74) is 4.83. The molecule has 0 saturated carbocycles. The van der Waals surface area contributed by atoms with Crippen LogP contribution in [0.5, 0.6) is 0 Å². The first-order chi connectivity index (χ1) is 7.32. The third kappa shape index (κ3) is 6.63. The molecule has 0 spiro atoms. The Kier molecular flexibility index (Phi) is 5.91. The molecule has 7 nitrogen and oxygen atoms in total. The van der Waals surface area contributed by atoms with E-state index >= 15 is 0 Å². The molecule has 1 unspecified atom stereocenters. The number of ether oxygens (including phenoxy) is 1. The van der Waals surface area contributed by atoms with Gasteiger partial charge in [-0.05, 0) is 5.92 Å². The summed E-state index contributed by atoms with van der Waals surface area (Å²) < 4.78 is 4.70. The summed E-state index contributed by atoms with van der Waals surface area (Å²) in [5, 5.41) is 10.7. The number of hydrogen-bond donors (Lipinski definition) is 3. The number of nitrogens with one attached hydrogen (secondary N) is 1. The Balaban J connectivity index is 4.13. The molecule has 0 aliphatic carbocycles. The van der Waals surface area contributed by atoms with Gasteiger partial charge in [0.25, 0.3) is 0 Å². The van der Waals surface area contributed by atoms with E-state index in [1.54, 1.807) is 0 Å². The maximum absolute atomic E-state index is 11.1. The van der Waals surface area contributed by atoms with E-state index in [2.05, 4.69) is 0 Å². The molecule has 2 amide bonds. The number of nitrogens with two attached hydrogens (primary N) is 1. The fourth-order valence-electron chi connectivity index (χ4n) is 0.828. The third-order valence-electron chi connectivity index (χ3n) is 1.54. The molecule has 16 heavy (non-hydrogen) atoms. The van der Waals surface area contributed by atoms with E-state index in [0.29, 0.717) is 0 Å². The highest BCUT2D eigenvalue weighted by Crippen LogP contribution is 1.96. The van der Waals surface area contributed by atoms with Crippen LogP contribution in [0, 0.1) is 5.92 Å². The minimum atomic E-state index is -1.35. The lowest BCUT2D eigenvalue weighted by molar-refractivity contribution is -0.141. The van der Waals surface area contributed by atoms with Gasteiger partial charge in [-0.1, -0.05) is 13.8 Å². The van der Waals surface area contributed by atoms with Crippen molar-refractivity contribution in [2.75, 3.05) is 6.61 Å². The van der Waals surface area contributed by atoms with Crippen LogP contribution in [0.15, 0.2) is 0 Å². The van der Waals surface area contributed by atoms with Crippen LogP contribution >= 0.6 is 0 Å². The van der Waals surface area contributed by atoms with E-state index in [0.717, 1.165) is 0 Å². The zero-order valence-electron chi connectivity index (χ0n) is 9.23. The van der Waals surface area contributed by atoms with Crippen molar-refractivity contribution in [1.82, 2.24) is 5.32 Å². The number of alkyl carbamates (subject to hydrolysis) is 1. The number of carbonyl (C=O) groups excluding carboxylic acids is 2. The van der Waals surface area contributed by atoms with Gasteiger partial charge in [0, 0.05) is 0 Å². The molecule has 0 saturated heterocycles. The molecule has 1 atom stereocenters. The molecule has 0 bridgehead atoms. The maximum atomic E-state index is 11.1. The number of carboxylic acid groups (broad SMARTS) is 1. The lowest BCUT2D eigenvalue weighted by atomic mass is 10.2. The van der Waals surface area contributed by atoms with Crippen molar-refractivity contribution in [3.05, 3.63) is 0 Å². The first-order valence-electron chi connectivity index (χ1n) is 4.77. The average Bonchev–Trinajstić information content (AvgIpc) is 2.12. The largest absolute Gasteiger partial charge is 0.480 e. The Bertz CT molecular complexity index is 277. The van der Waals surface area contributed by atoms with Gasteiger partial charge in [0.05, 0.1) is 13.0 Å². The number of primary amides is 1. The quantitative estimate of drug-likeness (QED) is 0.580. The molecule has 92 valence electrons. The van der Waals surface area contributed by atoms with Gasteiger partial charge >= 0.3 is 12.1 Å². The fourth-order valence-corrected chi connectivity index (χ4v) is 0.828. The van der Waals surface area contributed by atoms with Crippen LogP contribution in [0.4, 0.5) is 4.79 Å². The summed E-state index contributed by atoms with van der Waals surface area (Å²) in [5.74, 6) is -2.00. The molecule has 0 aromatic heterocycles. The van der Waals surface area contributed by atoms with E-state index in [1.807, 2.05) is 19.2 Å². The molecular formula is C9H16N2O5. The standard InChI is InChI=1S/C9H16N2O5/c1-5(2)4-16-9(15)11-6(8(13)14)3-7(10)12/h5-6H,3-4H2,1-2H3,(H2,10,12)(H,11,15)(H,13,14). The monoisotopic (exact) mass is 232 g/mol. The van der Waals surface area contributed by atoms with E-state index in [9.17, 15) is 14.4 Å². The molecule has 0 aromatic rings. The summed E-state index contributed by atoms with van der Waals surface area (Å²) >= 11 is 0. The first-order valence-corrected chi connectivity index (χ1v) is 4.77. The minimum absolute atomic E-state index is 0.144. The number of carboxylic acids is 1. The zero-order valence-corrected chi connectivity index (χ0v) is 9.23. The molecule has 0 heterocycles. The topological polar surface area (TPSA) is 119 Å².